The van der Waals surface area contributed by atoms with Crippen LogP contribution in [0.3, 0.4) is 0 Å². The highest BCUT2D eigenvalue weighted by molar-refractivity contribution is 5.05. The fourth-order valence-electron chi connectivity index (χ4n) is 2.09. The maximum atomic E-state index is 11.3. The Hall–Kier alpha value is -1.07. The predicted octanol–water partition coefficient (Wildman–Crippen LogP) is 2.81. The molecule has 5 nitrogen and oxygen atoms in total. The smallest absolute Gasteiger partial charge is 0.396 e. The van der Waals surface area contributed by atoms with E-state index in [1.165, 1.54) is 0 Å². The van der Waals surface area contributed by atoms with E-state index < -0.39 is 5.82 Å². The van der Waals surface area contributed by atoms with Crippen molar-refractivity contribution in [2.45, 2.75) is 52.6 Å². The first-order chi connectivity index (χ1) is 9.35. The Morgan fingerprint density at radius 1 is 1.15 bits per heavy atom. The second-order valence-corrected chi connectivity index (χ2v) is 6.24. The number of hydrogen-bond donors (Lipinski definition) is 0. The Labute approximate surface area is 120 Å². The van der Waals surface area contributed by atoms with Crippen LogP contribution >= 0.6 is 0 Å². The average molecular weight is 286 g/mol. The van der Waals surface area contributed by atoms with E-state index in [0.717, 1.165) is 12.8 Å². The number of hydrogen-bond acceptors (Lipinski definition) is 5. The van der Waals surface area contributed by atoms with E-state index in [1.807, 2.05) is 0 Å². The summed E-state index contributed by atoms with van der Waals surface area (Å²) in [7, 11) is 3.33. The first-order valence-electron chi connectivity index (χ1n) is 6.99. The molecule has 0 aromatic carbocycles. The fraction of sp³-hybridized carbons (Fsp3) is 0.800. The van der Waals surface area contributed by atoms with Crippen molar-refractivity contribution in [3.8, 4) is 0 Å². The minimum Gasteiger partial charge on any atom is -0.396 e. The molecule has 0 saturated heterocycles. The molecule has 0 radical (unpaired) electrons. The molecule has 1 aromatic heterocycles. The van der Waals surface area contributed by atoms with Crippen LogP contribution < -0.4 is 5.82 Å². The van der Waals surface area contributed by atoms with E-state index in [1.54, 1.807) is 14.2 Å². The Morgan fingerprint density at radius 3 is 2.35 bits per heavy atom. The van der Waals surface area contributed by atoms with Crippen molar-refractivity contribution in [1.29, 1.82) is 0 Å². The van der Waals surface area contributed by atoms with Gasteiger partial charge in [0.2, 0.25) is 0 Å². The van der Waals surface area contributed by atoms with Crippen LogP contribution in [0.15, 0.2) is 13.6 Å². The lowest BCUT2D eigenvalue weighted by Gasteiger charge is -2.16. The van der Waals surface area contributed by atoms with Gasteiger partial charge in [0.15, 0.2) is 5.76 Å². The Morgan fingerprint density at radius 2 is 1.80 bits per heavy atom. The molecule has 1 atom stereocenters. The number of ether oxygens (including phenoxy) is 2. The van der Waals surface area contributed by atoms with Gasteiger partial charge in [-0.3, -0.25) is 0 Å². The summed E-state index contributed by atoms with van der Waals surface area (Å²) in [5.74, 6) is 0.722. The van der Waals surface area contributed by atoms with Crippen LogP contribution in [0.25, 0.3) is 0 Å². The topological polar surface area (TPSA) is 61.8 Å². The SMILES string of the molecule is COCC(CCCc1oc(=O)oc1CC(C)(C)C)OC. The standard InChI is InChI=1S/C15H26O5/c1-15(2,3)9-13-12(19-14(16)20-13)8-6-7-11(18-5)10-17-4/h11H,6-10H2,1-5H3. The van der Waals surface area contributed by atoms with Crippen LogP contribution in [-0.2, 0) is 22.3 Å². The summed E-state index contributed by atoms with van der Waals surface area (Å²) >= 11 is 0. The van der Waals surface area contributed by atoms with Crippen LogP contribution in [0.4, 0.5) is 0 Å². The highest BCUT2D eigenvalue weighted by Gasteiger charge is 2.20. The molecule has 1 heterocycles. The van der Waals surface area contributed by atoms with E-state index in [9.17, 15) is 4.79 Å². The summed E-state index contributed by atoms with van der Waals surface area (Å²) in [5, 5.41) is 0. The molecule has 0 fully saturated rings. The summed E-state index contributed by atoms with van der Waals surface area (Å²) in [5.41, 5.74) is 0.0552. The van der Waals surface area contributed by atoms with E-state index >= 15 is 0 Å². The Kier molecular flexibility index (Phi) is 6.49. The van der Waals surface area contributed by atoms with Crippen molar-refractivity contribution in [2.24, 2.45) is 5.41 Å². The number of rotatable bonds is 8. The fourth-order valence-corrected chi connectivity index (χ4v) is 2.09. The summed E-state index contributed by atoms with van der Waals surface area (Å²) in [6.45, 7) is 6.87. The van der Waals surface area contributed by atoms with Crippen molar-refractivity contribution in [3.63, 3.8) is 0 Å². The quantitative estimate of drug-likeness (QED) is 0.735. The molecule has 1 rings (SSSR count). The van der Waals surface area contributed by atoms with Gasteiger partial charge in [-0.1, -0.05) is 20.8 Å². The van der Waals surface area contributed by atoms with Gasteiger partial charge in [-0.2, -0.15) is 0 Å². The lowest BCUT2D eigenvalue weighted by atomic mass is 9.90. The number of methoxy groups -OCH3 is 2. The molecule has 1 unspecified atom stereocenters. The second kappa shape index (κ2) is 7.64. The molecule has 0 aliphatic heterocycles. The van der Waals surface area contributed by atoms with Crippen LogP contribution in [0, 0.1) is 5.41 Å². The second-order valence-electron chi connectivity index (χ2n) is 6.24. The average Bonchev–Trinajstić information content (AvgIpc) is 2.66. The molecular formula is C15H26O5. The Balaban J connectivity index is 2.57. The van der Waals surface area contributed by atoms with Crippen molar-refractivity contribution in [2.75, 3.05) is 20.8 Å². The van der Waals surface area contributed by atoms with Crippen molar-refractivity contribution in [3.05, 3.63) is 22.1 Å². The largest absolute Gasteiger partial charge is 0.519 e. The predicted molar refractivity (Wildman–Crippen MR) is 76.0 cm³/mol. The summed E-state index contributed by atoms with van der Waals surface area (Å²) in [4.78, 5) is 11.3. The van der Waals surface area contributed by atoms with Crippen LogP contribution in [0.1, 0.15) is 45.1 Å². The van der Waals surface area contributed by atoms with E-state index in [-0.39, 0.29) is 11.5 Å². The van der Waals surface area contributed by atoms with Gasteiger partial charge in [-0.05, 0) is 18.3 Å². The minimum atomic E-state index is -0.612. The molecule has 0 aliphatic rings. The van der Waals surface area contributed by atoms with Gasteiger partial charge >= 0.3 is 5.82 Å². The van der Waals surface area contributed by atoms with Gasteiger partial charge in [0.1, 0.15) is 5.76 Å². The van der Waals surface area contributed by atoms with Gasteiger partial charge in [-0.25, -0.2) is 4.79 Å². The van der Waals surface area contributed by atoms with Crippen molar-refractivity contribution >= 4 is 0 Å². The third kappa shape index (κ3) is 5.92. The molecule has 0 N–H and O–H groups in total. The molecule has 0 bridgehead atoms. The summed E-state index contributed by atoms with van der Waals surface area (Å²) < 4.78 is 20.7. The molecule has 0 amide bonds. The highest BCUT2D eigenvalue weighted by atomic mass is 16.6. The molecule has 0 spiro atoms. The molecule has 1 aromatic rings. The zero-order valence-corrected chi connectivity index (χ0v) is 13.2. The third-order valence-electron chi connectivity index (χ3n) is 3.03. The van der Waals surface area contributed by atoms with Crippen LogP contribution in [0.2, 0.25) is 0 Å². The van der Waals surface area contributed by atoms with E-state index in [0.29, 0.717) is 31.0 Å². The maximum absolute atomic E-state index is 11.3. The first kappa shape index (κ1) is 17.0. The number of aryl methyl sites for hydroxylation is 1. The highest BCUT2D eigenvalue weighted by Crippen LogP contribution is 2.23. The van der Waals surface area contributed by atoms with Crippen LogP contribution in [0.5, 0.6) is 0 Å². The molecule has 116 valence electrons. The third-order valence-corrected chi connectivity index (χ3v) is 3.03. The normalized spacial score (nSPS) is 13.7. The molecule has 5 heteroatoms. The minimum absolute atomic E-state index is 0.0552. The van der Waals surface area contributed by atoms with Crippen LogP contribution in [-0.4, -0.2) is 26.9 Å². The molecule has 0 saturated carbocycles. The van der Waals surface area contributed by atoms with Gasteiger partial charge in [0.25, 0.3) is 0 Å². The lowest BCUT2D eigenvalue weighted by molar-refractivity contribution is 0.0223. The van der Waals surface area contributed by atoms with Gasteiger partial charge in [0.05, 0.1) is 12.7 Å². The van der Waals surface area contributed by atoms with E-state index in [2.05, 4.69) is 20.8 Å². The van der Waals surface area contributed by atoms with Crippen molar-refractivity contribution < 1.29 is 18.3 Å². The Bertz CT molecular complexity index is 438. The monoisotopic (exact) mass is 286 g/mol. The zero-order valence-electron chi connectivity index (χ0n) is 13.2. The zero-order chi connectivity index (χ0) is 15.2. The van der Waals surface area contributed by atoms with Gasteiger partial charge in [-0.15, -0.1) is 0 Å². The molecular weight excluding hydrogens is 260 g/mol. The summed E-state index contributed by atoms with van der Waals surface area (Å²) in [6.07, 6.45) is 3.17. The van der Waals surface area contributed by atoms with E-state index in [4.69, 9.17) is 18.3 Å². The molecule has 20 heavy (non-hydrogen) atoms. The first-order valence-corrected chi connectivity index (χ1v) is 6.99. The maximum Gasteiger partial charge on any atom is 0.519 e. The van der Waals surface area contributed by atoms with Gasteiger partial charge in [0, 0.05) is 27.1 Å². The summed E-state index contributed by atoms with van der Waals surface area (Å²) in [6, 6.07) is 0. The lowest BCUT2D eigenvalue weighted by Crippen LogP contribution is -2.17. The van der Waals surface area contributed by atoms with Gasteiger partial charge < -0.3 is 18.3 Å². The van der Waals surface area contributed by atoms with Crippen molar-refractivity contribution in [1.82, 2.24) is 0 Å². The molecule has 0 aliphatic carbocycles.